The van der Waals surface area contributed by atoms with E-state index in [1.165, 1.54) is 64.2 Å². The Kier molecular flexibility index (Phi) is 15.1. The van der Waals surface area contributed by atoms with Crippen LogP contribution in [0.1, 0.15) is 64.2 Å². The van der Waals surface area contributed by atoms with E-state index < -0.39 is 19.8 Å². The number of rotatable bonds is 12. The molecule has 98 valence electrons. The summed E-state index contributed by atoms with van der Waals surface area (Å²) in [7, 11) is 0. The topological polar surface area (TPSA) is 0 Å². The van der Waals surface area contributed by atoms with Gasteiger partial charge < -0.3 is 0 Å². The van der Waals surface area contributed by atoms with Crippen LogP contribution < -0.4 is 0 Å². The minimum absolute atomic E-state index is 0.848. The van der Waals surface area contributed by atoms with Crippen molar-refractivity contribution in [2.75, 3.05) is 5.88 Å². The first kappa shape index (κ1) is 17.1. The average Bonchev–Trinajstić information content (AvgIpc) is 2.25. The predicted octanol–water partition coefficient (Wildman–Crippen LogP) is 5.61. The molecule has 0 rings (SSSR count). The number of unbranched alkanes of at least 4 members (excludes halogenated alkanes) is 9. The SMILES string of the molecule is [CH3][SnH]([CH3])[CH2]CCCCCCCCCCCCl. The van der Waals surface area contributed by atoms with Crippen molar-refractivity contribution in [1.82, 2.24) is 0 Å². The van der Waals surface area contributed by atoms with Gasteiger partial charge in [-0.2, -0.15) is 0 Å². The summed E-state index contributed by atoms with van der Waals surface area (Å²) in [5.41, 5.74) is 0. The molecule has 0 N–H and O–H groups in total. The van der Waals surface area contributed by atoms with Crippen molar-refractivity contribution in [2.45, 2.75) is 78.5 Å². The van der Waals surface area contributed by atoms with Crippen molar-refractivity contribution < 1.29 is 0 Å². The first-order chi connectivity index (χ1) is 7.77. The Morgan fingerprint density at radius 2 is 1.00 bits per heavy atom. The van der Waals surface area contributed by atoms with Gasteiger partial charge in [0, 0.05) is 0 Å². The second-order valence-electron chi connectivity index (χ2n) is 5.41. The summed E-state index contributed by atoms with van der Waals surface area (Å²) in [4.78, 5) is 5.06. The van der Waals surface area contributed by atoms with Crippen molar-refractivity contribution in [3.05, 3.63) is 0 Å². The summed E-state index contributed by atoms with van der Waals surface area (Å²) >= 11 is 4.79. The summed E-state index contributed by atoms with van der Waals surface area (Å²) in [5.74, 6) is 0.848. The van der Waals surface area contributed by atoms with Crippen molar-refractivity contribution in [1.29, 1.82) is 0 Å². The maximum absolute atomic E-state index is 5.64. The smallest absolute Gasteiger partial charge is 0.127 e. The van der Waals surface area contributed by atoms with Gasteiger partial charge in [-0.15, -0.1) is 11.6 Å². The van der Waals surface area contributed by atoms with E-state index in [-0.39, 0.29) is 0 Å². The van der Waals surface area contributed by atoms with Gasteiger partial charge in [-0.3, -0.25) is 0 Å². The van der Waals surface area contributed by atoms with Gasteiger partial charge in [0.05, 0.1) is 0 Å². The van der Waals surface area contributed by atoms with E-state index in [0.717, 1.165) is 5.88 Å². The van der Waals surface area contributed by atoms with Gasteiger partial charge in [0.2, 0.25) is 0 Å². The molecule has 0 saturated heterocycles. The van der Waals surface area contributed by atoms with Crippen LogP contribution >= 0.6 is 11.6 Å². The monoisotopic (exact) mass is 354 g/mol. The average molecular weight is 354 g/mol. The van der Waals surface area contributed by atoms with Crippen molar-refractivity contribution in [2.24, 2.45) is 0 Å². The number of hydrogen-bond donors (Lipinski definition) is 0. The molecule has 0 heterocycles. The molecule has 0 aromatic carbocycles. The van der Waals surface area contributed by atoms with E-state index in [0.29, 0.717) is 0 Å². The second kappa shape index (κ2) is 14.2. The molecule has 16 heavy (non-hydrogen) atoms. The molecule has 2 heteroatoms. The zero-order valence-corrected chi connectivity index (χ0v) is 15.5. The summed E-state index contributed by atoms with van der Waals surface area (Å²) in [5, 5.41) is 0. The van der Waals surface area contributed by atoms with Crippen LogP contribution in [0.25, 0.3) is 0 Å². The van der Waals surface area contributed by atoms with Crippen molar-refractivity contribution >= 4 is 31.4 Å². The van der Waals surface area contributed by atoms with Crippen LogP contribution in [-0.2, 0) is 0 Å². The molecule has 0 aliphatic rings. The molecule has 0 aromatic heterocycles. The quantitative estimate of drug-likeness (QED) is 0.243. The zero-order valence-electron chi connectivity index (χ0n) is 11.4. The van der Waals surface area contributed by atoms with E-state index >= 15 is 0 Å². The Balaban J connectivity index is 2.88. The molecule has 0 saturated carbocycles. The number of alkyl halides is 1. The van der Waals surface area contributed by atoms with Crippen LogP contribution in [0.3, 0.4) is 0 Å². The normalized spacial score (nSPS) is 11.2. The Morgan fingerprint density at radius 1 is 0.625 bits per heavy atom. The fraction of sp³-hybridized carbons (Fsp3) is 1.00. The number of hydrogen-bond acceptors (Lipinski definition) is 0. The van der Waals surface area contributed by atoms with Crippen LogP contribution in [0.15, 0.2) is 0 Å². The summed E-state index contributed by atoms with van der Waals surface area (Å²) in [6, 6.07) is 0. The summed E-state index contributed by atoms with van der Waals surface area (Å²) < 4.78 is 1.63. The standard InChI is InChI=1S/C12H24Cl.2CH3.Sn.H/c1-2-3-4-5-6-7-8-9-10-11-12-13;;;;/h1-12H2;2*1H3;;. The van der Waals surface area contributed by atoms with Crippen LogP contribution in [-0.4, -0.2) is 25.6 Å². The molecule has 0 atom stereocenters. The van der Waals surface area contributed by atoms with E-state index in [2.05, 4.69) is 9.88 Å². The molecule has 0 unspecified atom stereocenters. The number of halogens is 1. The fourth-order valence-corrected chi connectivity index (χ4v) is 5.40. The van der Waals surface area contributed by atoms with Gasteiger partial charge in [0.1, 0.15) is 0 Å². The third-order valence-corrected chi connectivity index (χ3v) is 7.89. The minimum Gasteiger partial charge on any atom is -0.127 e. The first-order valence-corrected chi connectivity index (χ1v) is 16.8. The predicted molar refractivity (Wildman–Crippen MR) is 80.6 cm³/mol. The van der Waals surface area contributed by atoms with Crippen molar-refractivity contribution in [3.63, 3.8) is 0 Å². The van der Waals surface area contributed by atoms with E-state index in [1.54, 1.807) is 4.44 Å². The molecule has 0 aliphatic carbocycles. The van der Waals surface area contributed by atoms with Gasteiger partial charge in [-0.1, -0.05) is 0 Å². The third-order valence-electron chi connectivity index (χ3n) is 3.17. The maximum atomic E-state index is 5.64. The minimum atomic E-state index is -0.853. The molecule has 0 nitrogen and oxygen atoms in total. The van der Waals surface area contributed by atoms with Gasteiger partial charge in [0.25, 0.3) is 0 Å². The van der Waals surface area contributed by atoms with E-state index in [4.69, 9.17) is 11.6 Å². The molecule has 0 bridgehead atoms. The molecule has 0 spiro atoms. The molecule has 0 aromatic rings. The van der Waals surface area contributed by atoms with E-state index in [1.807, 2.05) is 0 Å². The van der Waals surface area contributed by atoms with E-state index in [9.17, 15) is 0 Å². The van der Waals surface area contributed by atoms with Gasteiger partial charge in [-0.05, 0) is 0 Å². The van der Waals surface area contributed by atoms with Crippen molar-refractivity contribution in [3.8, 4) is 0 Å². The summed E-state index contributed by atoms with van der Waals surface area (Å²) in [6.07, 6.45) is 14.3. The summed E-state index contributed by atoms with van der Waals surface area (Å²) in [6.45, 7) is 0. The Labute approximate surface area is 115 Å². The molecule has 0 radical (unpaired) electrons. The van der Waals surface area contributed by atoms with Crippen LogP contribution in [0.2, 0.25) is 14.3 Å². The fourth-order valence-electron chi connectivity index (χ4n) is 2.06. The first-order valence-electron chi connectivity index (χ1n) is 7.33. The molecule has 0 fully saturated rings. The Hall–Kier alpha value is 1.09. The molecular weight excluding hydrogens is 322 g/mol. The Morgan fingerprint density at radius 3 is 1.38 bits per heavy atom. The Bertz CT molecular complexity index is 126. The third kappa shape index (κ3) is 15.1. The molecule has 0 amide bonds. The van der Waals surface area contributed by atoms with Gasteiger partial charge >= 0.3 is 104 Å². The van der Waals surface area contributed by atoms with Gasteiger partial charge in [-0.25, -0.2) is 0 Å². The molecule has 0 aliphatic heterocycles. The van der Waals surface area contributed by atoms with Crippen LogP contribution in [0.4, 0.5) is 0 Å². The zero-order chi connectivity index (χ0) is 12.1. The van der Waals surface area contributed by atoms with Crippen LogP contribution in [0, 0.1) is 0 Å². The van der Waals surface area contributed by atoms with Crippen LogP contribution in [0.5, 0.6) is 0 Å². The molecular formula is C14H31ClSn. The van der Waals surface area contributed by atoms with Gasteiger partial charge in [0.15, 0.2) is 0 Å². The second-order valence-corrected chi connectivity index (χ2v) is 15.4.